The summed E-state index contributed by atoms with van der Waals surface area (Å²) >= 11 is 3.18. The van der Waals surface area contributed by atoms with Crippen molar-refractivity contribution in [3.63, 3.8) is 0 Å². The fraction of sp³-hybridized carbons (Fsp3) is 0.471. The number of carbonyl (C=O) groups excluding carboxylic acids is 1. The predicted molar refractivity (Wildman–Crippen MR) is 93.8 cm³/mol. The van der Waals surface area contributed by atoms with Crippen LogP contribution in [0.25, 0.3) is 11.0 Å². The normalized spacial score (nSPS) is 18.5. The number of nitrogens with zero attached hydrogens (tertiary/aromatic N) is 4. The Labute approximate surface area is 156 Å². The topological polar surface area (TPSA) is 49.3 Å². The maximum atomic E-state index is 12.9. The molecule has 138 valence electrons. The van der Waals surface area contributed by atoms with Crippen LogP contribution in [0.5, 0.6) is 0 Å². The Balaban J connectivity index is 1.54. The van der Waals surface area contributed by atoms with E-state index in [0.29, 0.717) is 37.5 Å². The number of rotatable bonds is 2. The molecule has 0 radical (unpaired) electrons. The Kier molecular flexibility index (Phi) is 4.29. The van der Waals surface area contributed by atoms with Crippen molar-refractivity contribution in [2.45, 2.75) is 19.0 Å². The lowest BCUT2D eigenvalue weighted by molar-refractivity contribution is -0.137. The first-order chi connectivity index (χ1) is 12.3. The number of fused-ring (bicyclic) bond motifs is 1. The minimum Gasteiger partial charge on any atom is -0.352 e. The summed E-state index contributed by atoms with van der Waals surface area (Å²) in [5.74, 6) is 1.05. The molecule has 2 aliphatic rings. The van der Waals surface area contributed by atoms with E-state index < -0.39 is 11.7 Å². The molecular weight excluding hydrogens is 413 g/mol. The summed E-state index contributed by atoms with van der Waals surface area (Å²) in [6, 6.07) is 2.02. The molecule has 9 heteroatoms. The van der Waals surface area contributed by atoms with E-state index in [1.807, 2.05) is 9.80 Å². The van der Waals surface area contributed by atoms with Gasteiger partial charge in [-0.2, -0.15) is 13.2 Å². The molecule has 1 amide bonds. The molecule has 2 aromatic rings. The third-order valence-corrected chi connectivity index (χ3v) is 5.36. The fourth-order valence-corrected chi connectivity index (χ4v) is 3.66. The first-order valence-electron chi connectivity index (χ1n) is 8.40. The van der Waals surface area contributed by atoms with E-state index in [1.165, 1.54) is 6.20 Å². The highest BCUT2D eigenvalue weighted by Gasteiger charge is 2.35. The molecule has 0 unspecified atom stereocenters. The van der Waals surface area contributed by atoms with Gasteiger partial charge in [-0.25, -0.2) is 4.98 Å². The molecule has 4 rings (SSSR count). The number of benzene rings is 1. The van der Waals surface area contributed by atoms with Gasteiger partial charge < -0.3 is 9.80 Å². The first-order valence-corrected chi connectivity index (χ1v) is 9.19. The second kappa shape index (κ2) is 6.37. The second-order valence-electron chi connectivity index (χ2n) is 6.64. The lowest BCUT2D eigenvalue weighted by Gasteiger charge is -2.35. The van der Waals surface area contributed by atoms with Gasteiger partial charge >= 0.3 is 6.18 Å². The van der Waals surface area contributed by atoms with Crippen LogP contribution in [0.1, 0.15) is 18.4 Å². The van der Waals surface area contributed by atoms with Gasteiger partial charge in [-0.1, -0.05) is 0 Å². The molecule has 0 spiro atoms. The van der Waals surface area contributed by atoms with Crippen LogP contribution in [0.3, 0.4) is 0 Å². The van der Waals surface area contributed by atoms with Crippen molar-refractivity contribution in [2.24, 2.45) is 5.92 Å². The van der Waals surface area contributed by atoms with Crippen molar-refractivity contribution in [2.75, 3.05) is 31.1 Å². The molecule has 1 saturated heterocycles. The molecule has 2 fully saturated rings. The summed E-state index contributed by atoms with van der Waals surface area (Å²) in [5.41, 5.74) is -0.170. The Morgan fingerprint density at radius 3 is 2.46 bits per heavy atom. The van der Waals surface area contributed by atoms with E-state index in [-0.39, 0.29) is 21.8 Å². The zero-order chi connectivity index (χ0) is 18.5. The van der Waals surface area contributed by atoms with Crippen LogP contribution < -0.4 is 4.90 Å². The highest BCUT2D eigenvalue weighted by molar-refractivity contribution is 9.10. The standard InChI is InChI=1S/C17H16BrF3N4O/c18-12-7-11(17(19,20)21)8-13-15(12)23-14(9-22-13)24-3-5-25(6-4-24)16(26)10-1-2-10/h7-10H,1-6H2. The highest BCUT2D eigenvalue weighted by Crippen LogP contribution is 2.35. The Bertz CT molecular complexity index is 861. The van der Waals surface area contributed by atoms with Crippen LogP contribution in [0.4, 0.5) is 19.0 Å². The van der Waals surface area contributed by atoms with E-state index in [1.54, 1.807) is 0 Å². The summed E-state index contributed by atoms with van der Waals surface area (Å²) in [6.07, 6.45) is -0.957. The number of piperazine rings is 1. The number of anilines is 1. The largest absolute Gasteiger partial charge is 0.416 e. The van der Waals surface area contributed by atoms with E-state index in [2.05, 4.69) is 25.9 Å². The molecule has 0 bridgehead atoms. The monoisotopic (exact) mass is 428 g/mol. The van der Waals surface area contributed by atoms with Gasteiger partial charge in [0, 0.05) is 36.6 Å². The molecule has 5 nitrogen and oxygen atoms in total. The zero-order valence-corrected chi connectivity index (χ0v) is 15.3. The van der Waals surface area contributed by atoms with Crippen LogP contribution in [-0.2, 0) is 11.0 Å². The van der Waals surface area contributed by atoms with Crippen molar-refractivity contribution in [3.05, 3.63) is 28.4 Å². The van der Waals surface area contributed by atoms with Gasteiger partial charge in [-0.3, -0.25) is 9.78 Å². The maximum Gasteiger partial charge on any atom is 0.416 e. The third kappa shape index (κ3) is 3.36. The number of amides is 1. The molecule has 1 saturated carbocycles. The molecule has 1 aliphatic carbocycles. The van der Waals surface area contributed by atoms with Crippen molar-refractivity contribution in [3.8, 4) is 0 Å². The maximum absolute atomic E-state index is 12.9. The lowest BCUT2D eigenvalue weighted by atomic mass is 10.2. The van der Waals surface area contributed by atoms with E-state index in [4.69, 9.17) is 0 Å². The molecular formula is C17H16BrF3N4O. The quantitative estimate of drug-likeness (QED) is 0.734. The van der Waals surface area contributed by atoms with Gasteiger partial charge in [0.05, 0.1) is 17.3 Å². The molecule has 26 heavy (non-hydrogen) atoms. The summed E-state index contributed by atoms with van der Waals surface area (Å²) in [7, 11) is 0. The third-order valence-electron chi connectivity index (χ3n) is 4.76. The van der Waals surface area contributed by atoms with Crippen LogP contribution in [-0.4, -0.2) is 47.0 Å². The van der Waals surface area contributed by atoms with Crippen molar-refractivity contribution in [1.29, 1.82) is 0 Å². The van der Waals surface area contributed by atoms with Crippen LogP contribution >= 0.6 is 15.9 Å². The smallest absolute Gasteiger partial charge is 0.352 e. The summed E-state index contributed by atoms with van der Waals surface area (Å²) in [5, 5.41) is 0. The number of hydrogen-bond acceptors (Lipinski definition) is 4. The summed E-state index contributed by atoms with van der Waals surface area (Å²) in [6.45, 7) is 2.53. The van der Waals surface area contributed by atoms with Crippen LogP contribution in [0.2, 0.25) is 0 Å². The SMILES string of the molecule is O=C(C1CC1)N1CCN(c2cnc3cc(C(F)(F)F)cc(Br)c3n2)CC1. The number of carbonyl (C=O) groups is 1. The fourth-order valence-electron chi connectivity index (χ4n) is 3.12. The number of aromatic nitrogens is 2. The molecule has 1 aromatic carbocycles. The Morgan fingerprint density at radius 1 is 1.15 bits per heavy atom. The van der Waals surface area contributed by atoms with E-state index in [0.717, 1.165) is 25.0 Å². The van der Waals surface area contributed by atoms with E-state index in [9.17, 15) is 18.0 Å². The minimum atomic E-state index is -4.43. The predicted octanol–water partition coefficient (Wildman–Crippen LogP) is 3.47. The molecule has 2 heterocycles. The van der Waals surface area contributed by atoms with Crippen molar-refractivity contribution >= 4 is 38.7 Å². The number of hydrogen-bond donors (Lipinski definition) is 0. The van der Waals surface area contributed by atoms with Crippen molar-refractivity contribution < 1.29 is 18.0 Å². The minimum absolute atomic E-state index is 0.193. The van der Waals surface area contributed by atoms with Gasteiger partial charge in [-0.05, 0) is 40.9 Å². The van der Waals surface area contributed by atoms with Gasteiger partial charge in [0.15, 0.2) is 0 Å². The summed E-state index contributed by atoms with van der Waals surface area (Å²) < 4.78 is 39.0. The van der Waals surface area contributed by atoms with E-state index >= 15 is 0 Å². The first kappa shape index (κ1) is 17.5. The number of halogens is 4. The molecule has 0 atom stereocenters. The lowest BCUT2D eigenvalue weighted by Crippen LogP contribution is -2.49. The summed E-state index contributed by atoms with van der Waals surface area (Å²) in [4.78, 5) is 24.7. The zero-order valence-electron chi connectivity index (χ0n) is 13.8. The highest BCUT2D eigenvalue weighted by atomic mass is 79.9. The van der Waals surface area contributed by atoms with Gasteiger partial charge in [-0.15, -0.1) is 0 Å². The number of alkyl halides is 3. The van der Waals surface area contributed by atoms with Crippen molar-refractivity contribution in [1.82, 2.24) is 14.9 Å². The van der Waals surface area contributed by atoms with Crippen LogP contribution in [0.15, 0.2) is 22.8 Å². The van der Waals surface area contributed by atoms with Crippen LogP contribution in [0, 0.1) is 5.92 Å². The molecule has 1 aliphatic heterocycles. The second-order valence-corrected chi connectivity index (χ2v) is 7.49. The average molecular weight is 429 g/mol. The van der Waals surface area contributed by atoms with Gasteiger partial charge in [0.25, 0.3) is 0 Å². The molecule has 0 N–H and O–H groups in total. The Morgan fingerprint density at radius 2 is 1.85 bits per heavy atom. The average Bonchev–Trinajstić information content (AvgIpc) is 3.45. The van der Waals surface area contributed by atoms with Gasteiger partial charge in [0.1, 0.15) is 11.3 Å². The van der Waals surface area contributed by atoms with Gasteiger partial charge in [0.2, 0.25) is 5.91 Å². The Hall–Kier alpha value is -1.90. The molecule has 1 aromatic heterocycles.